The van der Waals surface area contributed by atoms with E-state index in [1.165, 1.54) is 37.8 Å². The fourth-order valence-corrected chi connectivity index (χ4v) is 5.05. The van der Waals surface area contributed by atoms with Crippen molar-refractivity contribution >= 4 is 5.69 Å². The number of nitrogens with zero attached hydrogens (tertiary/aromatic N) is 1. The number of alkyl halides is 3. The van der Waals surface area contributed by atoms with Crippen LogP contribution >= 0.6 is 0 Å². The van der Waals surface area contributed by atoms with Crippen molar-refractivity contribution in [3.05, 3.63) is 29.8 Å². The van der Waals surface area contributed by atoms with E-state index in [2.05, 4.69) is 4.90 Å². The Hall–Kier alpha value is -1.23. The second kappa shape index (κ2) is 5.69. The van der Waals surface area contributed by atoms with Crippen molar-refractivity contribution in [3.8, 4) is 0 Å². The van der Waals surface area contributed by atoms with Gasteiger partial charge in [-0.2, -0.15) is 13.2 Å². The molecule has 2 nitrogen and oxygen atoms in total. The van der Waals surface area contributed by atoms with Gasteiger partial charge in [0.05, 0.1) is 37.8 Å². The van der Waals surface area contributed by atoms with Gasteiger partial charge < -0.3 is 9.80 Å². The van der Waals surface area contributed by atoms with E-state index in [4.69, 9.17) is 0 Å². The Morgan fingerprint density at radius 3 is 2.43 bits per heavy atom. The zero-order valence-electron chi connectivity index (χ0n) is 13.3. The van der Waals surface area contributed by atoms with Crippen LogP contribution in [-0.4, -0.2) is 32.2 Å². The molecule has 0 radical (unpaired) electrons. The number of quaternary nitrogens is 1. The summed E-state index contributed by atoms with van der Waals surface area (Å²) in [5, 5.41) is 0. The van der Waals surface area contributed by atoms with Gasteiger partial charge in [-0.1, -0.05) is 6.07 Å². The van der Waals surface area contributed by atoms with Crippen LogP contribution in [0.5, 0.6) is 0 Å². The Labute approximate surface area is 135 Å². The summed E-state index contributed by atoms with van der Waals surface area (Å²) >= 11 is 0. The van der Waals surface area contributed by atoms with Gasteiger partial charge in [0.15, 0.2) is 0 Å². The number of hydrogen-bond acceptors (Lipinski definition) is 1. The van der Waals surface area contributed by atoms with E-state index in [1.807, 2.05) is 0 Å². The van der Waals surface area contributed by atoms with Crippen LogP contribution in [0, 0.1) is 11.8 Å². The van der Waals surface area contributed by atoms with Crippen LogP contribution in [0.1, 0.15) is 31.2 Å². The maximum atomic E-state index is 12.9. The van der Waals surface area contributed by atoms with Gasteiger partial charge in [0.25, 0.3) is 0 Å². The highest BCUT2D eigenvalue weighted by Gasteiger charge is 2.45. The van der Waals surface area contributed by atoms with Crippen LogP contribution in [0.25, 0.3) is 0 Å². The lowest BCUT2D eigenvalue weighted by molar-refractivity contribution is -0.929. The van der Waals surface area contributed by atoms with Gasteiger partial charge in [0, 0.05) is 18.0 Å². The fourth-order valence-electron chi connectivity index (χ4n) is 5.05. The van der Waals surface area contributed by atoms with E-state index in [0.717, 1.165) is 50.1 Å². The molecule has 1 aromatic carbocycles. The highest BCUT2D eigenvalue weighted by atomic mass is 19.4. The minimum atomic E-state index is -4.26. The van der Waals surface area contributed by atoms with Gasteiger partial charge in [-0.15, -0.1) is 0 Å². The van der Waals surface area contributed by atoms with Crippen molar-refractivity contribution in [2.75, 3.05) is 31.1 Å². The molecule has 2 bridgehead atoms. The largest absolute Gasteiger partial charge is 0.416 e. The molecule has 3 aliphatic rings. The lowest BCUT2D eigenvalue weighted by Gasteiger charge is -2.39. The number of rotatable bonds is 2. The van der Waals surface area contributed by atoms with Crippen LogP contribution in [0.4, 0.5) is 18.9 Å². The topological polar surface area (TPSA) is 7.68 Å². The molecule has 5 heteroatoms. The molecule has 2 aliphatic carbocycles. The number of piperazine rings is 1. The molecule has 1 aliphatic heterocycles. The first-order valence-corrected chi connectivity index (χ1v) is 8.77. The maximum absolute atomic E-state index is 12.9. The van der Waals surface area contributed by atoms with E-state index < -0.39 is 11.7 Å². The van der Waals surface area contributed by atoms with Gasteiger partial charge in [0.2, 0.25) is 0 Å². The quantitative estimate of drug-likeness (QED) is 0.878. The standard InChI is InChI=1S/C18H23F3N2/c19-18(20,21)15-2-1-3-16(12-15)22-6-8-23(9-7-22)17-11-13-4-5-14(17)10-13/h1-3,12-14,17H,4-11H2/p+1/t13-,14+,17+/m0/s1. The number of halogens is 3. The molecule has 1 N–H and O–H groups in total. The van der Waals surface area contributed by atoms with Crippen LogP contribution in [0.3, 0.4) is 0 Å². The Bertz CT molecular complexity index is 564. The average molecular weight is 325 g/mol. The minimum absolute atomic E-state index is 0.544. The monoisotopic (exact) mass is 325 g/mol. The summed E-state index contributed by atoms with van der Waals surface area (Å²) in [4.78, 5) is 3.81. The van der Waals surface area contributed by atoms with Gasteiger partial charge in [-0.05, 0) is 43.4 Å². The first-order valence-electron chi connectivity index (χ1n) is 8.77. The summed E-state index contributed by atoms with van der Waals surface area (Å²) in [6.07, 6.45) is 1.36. The van der Waals surface area contributed by atoms with Crippen molar-refractivity contribution in [1.82, 2.24) is 0 Å². The number of anilines is 1. The maximum Gasteiger partial charge on any atom is 0.416 e. The third-order valence-corrected chi connectivity index (χ3v) is 6.21. The van der Waals surface area contributed by atoms with Crippen molar-refractivity contribution in [2.24, 2.45) is 11.8 Å². The summed E-state index contributed by atoms with van der Waals surface area (Å²) in [5.74, 6) is 1.87. The van der Waals surface area contributed by atoms with E-state index in [9.17, 15) is 13.2 Å². The van der Waals surface area contributed by atoms with E-state index >= 15 is 0 Å². The number of hydrogen-bond donors (Lipinski definition) is 1. The molecular weight excluding hydrogens is 301 g/mol. The Kier molecular flexibility index (Phi) is 3.79. The summed E-state index contributed by atoms with van der Waals surface area (Å²) in [5.41, 5.74) is 0.171. The van der Waals surface area contributed by atoms with Crippen LogP contribution < -0.4 is 9.80 Å². The SMILES string of the molecule is FC(F)(F)c1cccc(N2CC[NH+]([C@@H]3C[C@H]4CC[C@@H]3C4)CC2)c1. The molecule has 1 heterocycles. The summed E-state index contributed by atoms with van der Waals surface area (Å²) in [6.45, 7) is 3.85. The first-order chi connectivity index (χ1) is 11.0. The third-order valence-electron chi connectivity index (χ3n) is 6.21. The molecule has 0 amide bonds. The molecule has 4 rings (SSSR count). The number of nitrogens with one attached hydrogen (secondary N) is 1. The van der Waals surface area contributed by atoms with Crippen LogP contribution in [0.2, 0.25) is 0 Å². The van der Waals surface area contributed by atoms with Crippen LogP contribution in [-0.2, 0) is 6.18 Å². The van der Waals surface area contributed by atoms with E-state index in [1.54, 1.807) is 11.0 Å². The Morgan fingerprint density at radius 1 is 1.04 bits per heavy atom. The Morgan fingerprint density at radius 2 is 1.83 bits per heavy atom. The highest BCUT2D eigenvalue weighted by Crippen LogP contribution is 2.43. The third kappa shape index (κ3) is 2.95. The molecule has 1 aromatic rings. The van der Waals surface area contributed by atoms with Gasteiger partial charge in [0.1, 0.15) is 0 Å². The molecule has 3 atom stereocenters. The summed E-state index contributed by atoms with van der Waals surface area (Å²) < 4.78 is 38.6. The zero-order valence-corrected chi connectivity index (χ0v) is 13.3. The molecular formula is C18H24F3N2+. The molecule has 0 spiro atoms. The molecule has 23 heavy (non-hydrogen) atoms. The number of benzene rings is 1. The lowest BCUT2D eigenvalue weighted by Crippen LogP contribution is -3.18. The Balaban J connectivity index is 1.40. The molecule has 126 valence electrons. The number of fused-ring (bicyclic) bond motifs is 2. The fraction of sp³-hybridized carbons (Fsp3) is 0.667. The highest BCUT2D eigenvalue weighted by molar-refractivity contribution is 5.49. The molecule has 3 fully saturated rings. The molecule has 0 aromatic heterocycles. The summed E-state index contributed by atoms with van der Waals surface area (Å²) in [6, 6.07) is 6.59. The van der Waals surface area contributed by atoms with Gasteiger partial charge >= 0.3 is 6.18 Å². The second-order valence-corrected chi connectivity index (χ2v) is 7.47. The van der Waals surface area contributed by atoms with Crippen molar-refractivity contribution in [1.29, 1.82) is 0 Å². The minimum Gasteiger partial charge on any atom is -0.360 e. The van der Waals surface area contributed by atoms with Crippen molar-refractivity contribution in [3.63, 3.8) is 0 Å². The van der Waals surface area contributed by atoms with Gasteiger partial charge in [-0.3, -0.25) is 0 Å². The van der Waals surface area contributed by atoms with E-state index in [0.29, 0.717) is 5.69 Å². The zero-order chi connectivity index (χ0) is 16.0. The first kappa shape index (κ1) is 15.3. The van der Waals surface area contributed by atoms with Gasteiger partial charge in [-0.25, -0.2) is 0 Å². The smallest absolute Gasteiger partial charge is 0.360 e. The normalized spacial score (nSPS) is 31.8. The lowest BCUT2D eigenvalue weighted by atomic mass is 9.93. The average Bonchev–Trinajstić information content (AvgIpc) is 3.17. The molecule has 2 saturated carbocycles. The molecule has 1 saturated heterocycles. The molecule has 0 unspecified atom stereocenters. The van der Waals surface area contributed by atoms with Crippen LogP contribution in [0.15, 0.2) is 24.3 Å². The van der Waals surface area contributed by atoms with Crippen molar-refractivity contribution < 1.29 is 18.1 Å². The van der Waals surface area contributed by atoms with E-state index in [-0.39, 0.29) is 0 Å². The summed E-state index contributed by atoms with van der Waals surface area (Å²) in [7, 11) is 0. The second-order valence-electron chi connectivity index (χ2n) is 7.47. The predicted molar refractivity (Wildman–Crippen MR) is 83.6 cm³/mol. The van der Waals surface area contributed by atoms with Crippen molar-refractivity contribution in [2.45, 2.75) is 37.9 Å². The predicted octanol–water partition coefficient (Wildman–Crippen LogP) is 2.60.